The molecule has 2 unspecified atom stereocenters. The molecule has 5 aliphatic rings. The molecule has 0 aromatic carbocycles. The second-order valence-corrected chi connectivity index (χ2v) is 17.4. The third-order valence-corrected chi connectivity index (χ3v) is 11.7. The standard InChI is InChI=1S/C24H28F2N10O10P2S2/c25-13-17-11-3-41-48(40,50)46-18-12(4-42-47(39,49)45-17)44-24(14(18)26)36-8-34-16-20(30-6-32-22(16)36)28-2-10(38)9(37)1-27-19-15-21(31-5-29-19)35(7-33-15)23(13)43-11/h5-14,17-18,23-24,37-38H,1-4H2,(H,39,49)(H,40,50)(H,27,29,31)(H,28,30,32)/t9-,10-,11+,12+,13+,14+,17+,18+,23?,24?,47-,48+/m0/s1. The highest BCUT2D eigenvalue weighted by Gasteiger charge is 2.54. The van der Waals surface area contributed by atoms with Crippen molar-refractivity contribution in [2.45, 2.75) is 61.4 Å². The molecule has 0 amide bonds. The Balaban J connectivity index is 1.21. The Morgan fingerprint density at radius 1 is 0.720 bits per heavy atom. The minimum absolute atomic E-state index is 0.0915. The van der Waals surface area contributed by atoms with Gasteiger partial charge in [0.2, 0.25) is 0 Å². The van der Waals surface area contributed by atoms with Gasteiger partial charge in [0.05, 0.1) is 38.1 Å². The molecule has 3 saturated heterocycles. The van der Waals surface area contributed by atoms with Gasteiger partial charge in [-0.3, -0.25) is 27.2 Å². The van der Waals surface area contributed by atoms with E-state index in [0.717, 1.165) is 12.7 Å². The predicted octanol–water partition coefficient (Wildman–Crippen LogP) is 1.59. The molecule has 9 heterocycles. The molecule has 4 N–H and O–H groups in total. The third-order valence-electron chi connectivity index (χ3n) is 8.51. The first-order valence-corrected chi connectivity index (χ1v) is 20.4. The number of nitrogens with zero attached hydrogens (tertiary/aromatic N) is 8. The lowest BCUT2D eigenvalue weighted by molar-refractivity contribution is -0.0544. The molecule has 5 aliphatic heterocycles. The van der Waals surface area contributed by atoms with Gasteiger partial charge in [-0.25, -0.2) is 47.8 Å². The summed E-state index contributed by atoms with van der Waals surface area (Å²) < 4.78 is 95.8. The summed E-state index contributed by atoms with van der Waals surface area (Å²) in [6.07, 6.45) is -11.2. The van der Waals surface area contributed by atoms with Crippen LogP contribution in [0.1, 0.15) is 12.5 Å². The van der Waals surface area contributed by atoms with E-state index in [9.17, 15) is 19.3 Å². The molecule has 270 valence electrons. The Labute approximate surface area is 290 Å². The average Bonchev–Trinajstić information content (AvgIpc) is 3.85. The number of imidazole rings is 2. The number of hydrogen-bond acceptors (Lipinski definition) is 18. The Hall–Kier alpha value is -2.60. The molecule has 12 atom stereocenters. The van der Waals surface area contributed by atoms with Gasteiger partial charge < -0.3 is 30.3 Å². The van der Waals surface area contributed by atoms with E-state index in [1.54, 1.807) is 0 Å². The van der Waals surface area contributed by atoms with Gasteiger partial charge in [0.25, 0.3) is 0 Å². The van der Waals surface area contributed by atoms with Crippen molar-refractivity contribution in [3.8, 4) is 0 Å². The first-order valence-electron chi connectivity index (χ1n) is 15.0. The molecule has 0 spiro atoms. The normalized spacial score (nSPS) is 39.6. The van der Waals surface area contributed by atoms with E-state index in [4.69, 9.17) is 27.6 Å². The quantitative estimate of drug-likeness (QED) is 0.110. The van der Waals surface area contributed by atoms with Crippen LogP contribution in [0.3, 0.4) is 0 Å². The summed E-state index contributed by atoms with van der Waals surface area (Å²) in [4.78, 5) is 25.3. The van der Waals surface area contributed by atoms with Crippen LogP contribution in [0, 0.1) is 0 Å². The molecule has 0 radical (unpaired) electrons. The molecule has 26 heteroatoms. The van der Waals surface area contributed by atoms with E-state index in [2.05, 4.69) is 65.0 Å². The number of thiol groups is 2. The summed E-state index contributed by atoms with van der Waals surface area (Å²) in [6, 6.07) is 0. The van der Waals surface area contributed by atoms with Crippen molar-refractivity contribution in [1.29, 1.82) is 0 Å². The van der Waals surface area contributed by atoms with Gasteiger partial charge in [-0.15, -0.1) is 0 Å². The van der Waals surface area contributed by atoms with Gasteiger partial charge in [-0.05, 0) is 0 Å². The van der Waals surface area contributed by atoms with Gasteiger partial charge in [0.15, 0.2) is 58.8 Å². The minimum atomic E-state index is -4.43. The Morgan fingerprint density at radius 2 is 1.14 bits per heavy atom. The maximum absolute atomic E-state index is 16.3. The largest absolute Gasteiger partial charge is 0.389 e. The van der Waals surface area contributed by atoms with E-state index in [0.29, 0.717) is 0 Å². The third kappa shape index (κ3) is 6.28. The van der Waals surface area contributed by atoms with Gasteiger partial charge in [-0.2, -0.15) is 0 Å². The van der Waals surface area contributed by atoms with Crippen LogP contribution in [0.25, 0.3) is 22.3 Å². The Bertz CT molecular complexity index is 1880. The first kappa shape index (κ1) is 34.5. The second-order valence-electron chi connectivity index (χ2n) is 11.7. The summed E-state index contributed by atoms with van der Waals surface area (Å²) in [7, 11) is 0. The van der Waals surface area contributed by atoms with Crippen molar-refractivity contribution in [2.75, 3.05) is 36.9 Å². The van der Waals surface area contributed by atoms with E-state index in [1.165, 1.54) is 21.8 Å². The van der Waals surface area contributed by atoms with Crippen molar-refractivity contribution in [3.63, 3.8) is 0 Å². The number of halogens is 2. The lowest BCUT2D eigenvalue weighted by Crippen LogP contribution is -2.37. The molecule has 4 aromatic rings. The summed E-state index contributed by atoms with van der Waals surface area (Å²) >= 11 is 8.06. The monoisotopic (exact) mass is 780 g/mol. The van der Waals surface area contributed by atoms with Crippen molar-refractivity contribution < 1.29 is 55.7 Å². The molecular formula is C24H28F2N10O10P2S2. The zero-order chi connectivity index (χ0) is 34.9. The van der Waals surface area contributed by atoms with E-state index >= 15 is 8.78 Å². The van der Waals surface area contributed by atoms with Crippen molar-refractivity contribution in [1.82, 2.24) is 39.0 Å². The van der Waals surface area contributed by atoms with Crippen LogP contribution in [0.2, 0.25) is 0 Å². The number of anilines is 2. The Morgan fingerprint density at radius 3 is 1.56 bits per heavy atom. The van der Waals surface area contributed by atoms with Gasteiger partial charge in [0.1, 0.15) is 37.1 Å². The van der Waals surface area contributed by atoms with Crippen LogP contribution in [-0.4, -0.2) is 125 Å². The highest BCUT2D eigenvalue weighted by atomic mass is 32.7. The van der Waals surface area contributed by atoms with Crippen LogP contribution in [0.4, 0.5) is 20.4 Å². The molecule has 14 bridgehead atoms. The zero-order valence-corrected chi connectivity index (χ0v) is 28.8. The number of rotatable bonds is 0. The Kier molecular flexibility index (Phi) is 9.04. The molecular weight excluding hydrogens is 752 g/mol. The molecule has 9 rings (SSSR count). The van der Waals surface area contributed by atoms with E-state index < -0.39 is 88.2 Å². The van der Waals surface area contributed by atoms with Gasteiger partial charge in [-0.1, -0.05) is 24.5 Å². The zero-order valence-electron chi connectivity index (χ0n) is 25.2. The van der Waals surface area contributed by atoms with Crippen LogP contribution in [0.5, 0.6) is 0 Å². The van der Waals surface area contributed by atoms with Crippen LogP contribution < -0.4 is 10.6 Å². The minimum Gasteiger partial charge on any atom is -0.389 e. The van der Waals surface area contributed by atoms with E-state index in [1.807, 2.05) is 0 Å². The van der Waals surface area contributed by atoms with Gasteiger partial charge in [0, 0.05) is 13.1 Å². The van der Waals surface area contributed by atoms with Crippen LogP contribution in [0.15, 0.2) is 25.3 Å². The number of aromatic nitrogens is 8. The van der Waals surface area contributed by atoms with Crippen molar-refractivity contribution >= 4 is 72.1 Å². The maximum Gasteiger partial charge on any atom is 0.386 e. The van der Waals surface area contributed by atoms with Crippen LogP contribution >= 0.6 is 38.1 Å². The first-order chi connectivity index (χ1) is 23.9. The fraction of sp³-hybridized carbons (Fsp3) is 0.583. The van der Waals surface area contributed by atoms with Crippen molar-refractivity contribution in [2.24, 2.45) is 0 Å². The average molecular weight is 781 g/mol. The fourth-order valence-corrected chi connectivity index (χ4v) is 9.03. The number of nitrogens with one attached hydrogen (secondary N) is 2. The SMILES string of the molecule is O=[P@]1(S)OC[C@H]2OC3[C@H](F)[C@@H]2O[P@](=O)(S)OC[C@H]2OC([C@H](F)[C@@H]2O1)n1cnc2c(ncnc21)NC[C@H](O)[C@@H](O)CNc1ncnc2c1ncn23. The van der Waals surface area contributed by atoms with E-state index in [-0.39, 0.29) is 47.1 Å². The highest BCUT2D eigenvalue weighted by Crippen LogP contribution is 2.60. The fourth-order valence-electron chi connectivity index (χ4n) is 6.07. The number of aliphatic hydroxyl groups is 2. The van der Waals surface area contributed by atoms with Gasteiger partial charge >= 0.3 is 13.6 Å². The summed E-state index contributed by atoms with van der Waals surface area (Å²) in [5, 5.41) is 27.3. The highest BCUT2D eigenvalue weighted by molar-refractivity contribution is 8.44. The number of hydrogen-bond donors (Lipinski definition) is 6. The van der Waals surface area contributed by atoms with Crippen LogP contribution in [-0.2, 0) is 36.7 Å². The summed E-state index contributed by atoms with van der Waals surface area (Å²) in [6.45, 7) is -10.6. The summed E-state index contributed by atoms with van der Waals surface area (Å²) in [5.41, 5.74) is 0.492. The van der Waals surface area contributed by atoms with Crippen molar-refractivity contribution in [3.05, 3.63) is 25.3 Å². The molecule has 4 aromatic heterocycles. The summed E-state index contributed by atoms with van der Waals surface area (Å²) in [5.74, 6) is 0.292. The smallest absolute Gasteiger partial charge is 0.386 e. The molecule has 0 saturated carbocycles. The second kappa shape index (κ2) is 13.1. The topological polar surface area (TPSA) is 241 Å². The number of aliphatic hydroxyl groups excluding tert-OH is 2. The maximum atomic E-state index is 16.3. The number of fused-ring (bicyclic) bond motifs is 11. The lowest BCUT2D eigenvalue weighted by Gasteiger charge is -2.28. The molecule has 0 aliphatic carbocycles. The number of ether oxygens (including phenoxy) is 2. The molecule has 20 nitrogen and oxygen atoms in total. The lowest BCUT2D eigenvalue weighted by atomic mass is 10.1. The predicted molar refractivity (Wildman–Crippen MR) is 172 cm³/mol. The number of alkyl halides is 2. The molecule has 3 fully saturated rings. The molecule has 50 heavy (non-hydrogen) atoms.